The van der Waals surface area contributed by atoms with Gasteiger partial charge in [0.05, 0.1) is 5.69 Å². The van der Waals surface area contributed by atoms with E-state index in [2.05, 4.69) is 30.1 Å². The second-order valence-electron chi connectivity index (χ2n) is 5.10. The maximum absolute atomic E-state index is 12.2. The summed E-state index contributed by atoms with van der Waals surface area (Å²) in [7, 11) is 0. The van der Waals surface area contributed by atoms with Gasteiger partial charge in [-0.15, -0.1) is 0 Å². The van der Waals surface area contributed by atoms with Crippen LogP contribution in [0.4, 0.5) is 0 Å². The monoisotopic (exact) mass is 247 g/mol. The highest BCUT2D eigenvalue weighted by molar-refractivity contribution is 5.93. The number of benzene rings is 2. The van der Waals surface area contributed by atoms with Gasteiger partial charge in [-0.05, 0) is 22.6 Å². The Hall–Kier alpha value is -2.35. The average molecular weight is 247 g/mol. The van der Waals surface area contributed by atoms with Crippen molar-refractivity contribution in [3.05, 3.63) is 70.0 Å². The smallest absolute Gasteiger partial charge is 0.256 e. The Kier molecular flexibility index (Phi) is 1.99. The maximum atomic E-state index is 12.2. The van der Waals surface area contributed by atoms with Crippen molar-refractivity contribution in [2.24, 2.45) is 0 Å². The second-order valence-corrected chi connectivity index (χ2v) is 5.10. The molecule has 2 heteroatoms. The lowest BCUT2D eigenvalue weighted by Crippen LogP contribution is -2.08. The summed E-state index contributed by atoms with van der Waals surface area (Å²) in [5, 5.41) is 1.85. The van der Waals surface area contributed by atoms with Gasteiger partial charge in [0, 0.05) is 16.9 Å². The van der Waals surface area contributed by atoms with Crippen LogP contribution in [-0.2, 0) is 0 Å². The van der Waals surface area contributed by atoms with Crippen LogP contribution in [0.5, 0.6) is 0 Å². The second kappa shape index (κ2) is 3.58. The minimum atomic E-state index is -0.00162. The number of pyridine rings is 1. The van der Waals surface area contributed by atoms with Gasteiger partial charge in [-0.1, -0.05) is 49.4 Å². The summed E-state index contributed by atoms with van der Waals surface area (Å²) >= 11 is 0. The first-order valence-corrected chi connectivity index (χ1v) is 6.51. The number of fused-ring (bicyclic) bond motifs is 5. The third-order valence-electron chi connectivity index (χ3n) is 4.10. The maximum Gasteiger partial charge on any atom is 0.256 e. The largest absolute Gasteiger partial charge is 0.321 e. The number of H-pyrrole nitrogens is 1. The summed E-state index contributed by atoms with van der Waals surface area (Å²) in [6.07, 6.45) is 0. The zero-order valence-electron chi connectivity index (χ0n) is 10.6. The normalized spacial score (nSPS) is 16.4. The van der Waals surface area contributed by atoms with Crippen LogP contribution in [0.2, 0.25) is 0 Å². The van der Waals surface area contributed by atoms with Crippen LogP contribution >= 0.6 is 0 Å². The van der Waals surface area contributed by atoms with Crippen LogP contribution in [0.3, 0.4) is 0 Å². The molecule has 0 fully saturated rings. The molecule has 92 valence electrons. The molecule has 4 rings (SSSR count). The molecule has 1 N–H and O–H groups in total. The quantitative estimate of drug-likeness (QED) is 0.646. The zero-order chi connectivity index (χ0) is 13.0. The molecule has 1 aliphatic carbocycles. The molecular weight excluding hydrogens is 234 g/mol. The highest BCUT2D eigenvalue weighted by atomic mass is 16.1. The van der Waals surface area contributed by atoms with E-state index in [1.165, 1.54) is 11.1 Å². The van der Waals surface area contributed by atoms with Gasteiger partial charge >= 0.3 is 0 Å². The topological polar surface area (TPSA) is 32.9 Å². The number of hydrogen-bond acceptors (Lipinski definition) is 1. The van der Waals surface area contributed by atoms with E-state index in [0.717, 1.165) is 22.0 Å². The molecule has 0 bridgehead atoms. The molecule has 1 aliphatic rings. The van der Waals surface area contributed by atoms with Crippen LogP contribution in [0.25, 0.3) is 22.0 Å². The van der Waals surface area contributed by atoms with Gasteiger partial charge < -0.3 is 4.98 Å². The van der Waals surface area contributed by atoms with E-state index in [-0.39, 0.29) is 5.56 Å². The molecule has 1 heterocycles. The van der Waals surface area contributed by atoms with Crippen molar-refractivity contribution < 1.29 is 0 Å². The van der Waals surface area contributed by atoms with E-state index in [1.807, 2.05) is 30.3 Å². The van der Waals surface area contributed by atoms with Crippen molar-refractivity contribution in [3.63, 3.8) is 0 Å². The Bertz CT molecular complexity index is 861. The highest BCUT2D eigenvalue weighted by Gasteiger charge is 2.28. The third kappa shape index (κ3) is 1.28. The lowest BCUT2D eigenvalue weighted by Gasteiger charge is -2.09. The third-order valence-corrected chi connectivity index (χ3v) is 4.10. The number of rotatable bonds is 0. The SMILES string of the molecule is CC1c2ccccc2-c2[nH]c(=O)c3ccccc3c21. The summed E-state index contributed by atoms with van der Waals surface area (Å²) in [4.78, 5) is 15.3. The van der Waals surface area contributed by atoms with E-state index in [9.17, 15) is 4.79 Å². The Morgan fingerprint density at radius 2 is 1.63 bits per heavy atom. The predicted molar refractivity (Wildman–Crippen MR) is 77.5 cm³/mol. The first kappa shape index (κ1) is 10.6. The lowest BCUT2D eigenvalue weighted by molar-refractivity contribution is 0.962. The van der Waals surface area contributed by atoms with E-state index >= 15 is 0 Å². The van der Waals surface area contributed by atoms with Gasteiger partial charge in [0.15, 0.2) is 0 Å². The molecule has 0 spiro atoms. The van der Waals surface area contributed by atoms with Crippen molar-refractivity contribution in [1.82, 2.24) is 4.98 Å². The Balaban J connectivity index is 2.22. The van der Waals surface area contributed by atoms with E-state index in [1.54, 1.807) is 0 Å². The first-order chi connectivity index (χ1) is 9.27. The fourth-order valence-corrected chi connectivity index (χ4v) is 3.22. The lowest BCUT2D eigenvalue weighted by atomic mass is 9.96. The summed E-state index contributed by atoms with van der Waals surface area (Å²) in [6, 6.07) is 16.2. The highest BCUT2D eigenvalue weighted by Crippen LogP contribution is 2.45. The van der Waals surface area contributed by atoms with Crippen LogP contribution in [0, 0.1) is 0 Å². The van der Waals surface area contributed by atoms with Gasteiger partial charge in [-0.3, -0.25) is 4.79 Å². The number of nitrogens with one attached hydrogen (secondary N) is 1. The summed E-state index contributed by atoms with van der Waals surface area (Å²) in [6.45, 7) is 2.20. The first-order valence-electron chi connectivity index (χ1n) is 6.51. The molecule has 2 nitrogen and oxygen atoms in total. The summed E-state index contributed by atoms with van der Waals surface area (Å²) in [5.41, 5.74) is 4.69. The van der Waals surface area contributed by atoms with Crippen LogP contribution < -0.4 is 5.56 Å². The predicted octanol–water partition coefficient (Wildman–Crippen LogP) is 3.66. The van der Waals surface area contributed by atoms with E-state index < -0.39 is 0 Å². The van der Waals surface area contributed by atoms with Crippen molar-refractivity contribution in [2.45, 2.75) is 12.8 Å². The molecule has 2 aromatic carbocycles. The van der Waals surface area contributed by atoms with Crippen LogP contribution in [0.1, 0.15) is 24.0 Å². The van der Waals surface area contributed by atoms with Gasteiger partial charge in [-0.25, -0.2) is 0 Å². The van der Waals surface area contributed by atoms with Gasteiger partial charge in [0.1, 0.15) is 0 Å². The standard InChI is InChI=1S/C17H13NO/c1-10-11-6-2-4-8-13(11)16-15(10)12-7-3-5-9-14(12)17(19)18-16/h2-10H,1H3,(H,18,19). The molecule has 19 heavy (non-hydrogen) atoms. The molecular formula is C17H13NO. The molecule has 3 aromatic rings. The number of aromatic amines is 1. The fraction of sp³-hybridized carbons (Fsp3) is 0.118. The summed E-state index contributed by atoms with van der Waals surface area (Å²) in [5.74, 6) is 0.327. The zero-order valence-corrected chi connectivity index (χ0v) is 10.6. The van der Waals surface area contributed by atoms with Crippen LogP contribution in [0.15, 0.2) is 53.3 Å². The van der Waals surface area contributed by atoms with Crippen molar-refractivity contribution in [2.75, 3.05) is 0 Å². The van der Waals surface area contributed by atoms with Gasteiger partial charge in [0.25, 0.3) is 5.56 Å². The van der Waals surface area contributed by atoms with E-state index in [4.69, 9.17) is 0 Å². The molecule has 1 atom stereocenters. The van der Waals surface area contributed by atoms with Gasteiger partial charge in [0.2, 0.25) is 0 Å². The Morgan fingerprint density at radius 1 is 0.947 bits per heavy atom. The van der Waals surface area contributed by atoms with Crippen molar-refractivity contribution >= 4 is 10.8 Å². The molecule has 0 aliphatic heterocycles. The van der Waals surface area contributed by atoms with Crippen molar-refractivity contribution in [1.29, 1.82) is 0 Å². The minimum absolute atomic E-state index is 0.00162. The Morgan fingerprint density at radius 3 is 2.47 bits per heavy atom. The number of aromatic nitrogens is 1. The Labute approximate surface area is 110 Å². The molecule has 0 saturated carbocycles. The summed E-state index contributed by atoms with van der Waals surface area (Å²) < 4.78 is 0. The molecule has 0 radical (unpaired) electrons. The molecule has 1 unspecified atom stereocenters. The molecule has 1 aromatic heterocycles. The number of hydrogen-bond donors (Lipinski definition) is 1. The molecule has 0 saturated heterocycles. The average Bonchev–Trinajstić information content (AvgIpc) is 2.73. The molecule has 0 amide bonds. The van der Waals surface area contributed by atoms with Crippen LogP contribution in [-0.4, -0.2) is 4.98 Å². The van der Waals surface area contributed by atoms with E-state index in [0.29, 0.717) is 5.92 Å². The minimum Gasteiger partial charge on any atom is -0.321 e. The van der Waals surface area contributed by atoms with Crippen molar-refractivity contribution in [3.8, 4) is 11.3 Å². The van der Waals surface area contributed by atoms with Gasteiger partial charge in [-0.2, -0.15) is 0 Å². The fourth-order valence-electron chi connectivity index (χ4n) is 3.22.